The summed E-state index contributed by atoms with van der Waals surface area (Å²) in [4.78, 5) is 11.4. The first-order valence-electron chi connectivity index (χ1n) is 4.19. The number of ether oxygens (including phenoxy) is 1. The Morgan fingerprint density at radius 2 is 2.33 bits per heavy atom. The Morgan fingerprint density at radius 1 is 1.67 bits per heavy atom. The van der Waals surface area contributed by atoms with Crippen LogP contribution in [0.3, 0.4) is 0 Å². The second-order valence-electron chi connectivity index (χ2n) is 2.68. The molecule has 15 heavy (non-hydrogen) atoms. The molecule has 1 aromatic rings. The van der Waals surface area contributed by atoms with E-state index in [2.05, 4.69) is 15.9 Å². The third kappa shape index (κ3) is 2.48. The van der Waals surface area contributed by atoms with E-state index < -0.39 is 5.97 Å². The average molecular weight is 270 g/mol. The van der Waals surface area contributed by atoms with Gasteiger partial charge in [0.2, 0.25) is 0 Å². The van der Waals surface area contributed by atoms with E-state index in [0.717, 1.165) is 0 Å². The normalized spacial score (nSPS) is 9.40. The molecular formula is C10H8BrNO3. The molecule has 0 atom stereocenters. The number of rotatable bonds is 2. The lowest BCUT2D eigenvalue weighted by atomic mass is 10.1. The van der Waals surface area contributed by atoms with Crippen molar-refractivity contribution in [1.29, 1.82) is 5.26 Å². The summed E-state index contributed by atoms with van der Waals surface area (Å²) in [6.45, 7) is 1.95. The highest BCUT2D eigenvalue weighted by molar-refractivity contribution is 9.10. The van der Waals surface area contributed by atoms with Crippen molar-refractivity contribution in [2.75, 3.05) is 6.61 Å². The van der Waals surface area contributed by atoms with Crippen LogP contribution in [0.25, 0.3) is 0 Å². The van der Waals surface area contributed by atoms with Crippen LogP contribution in [0, 0.1) is 11.3 Å². The van der Waals surface area contributed by atoms with Crippen LogP contribution in [0.5, 0.6) is 5.75 Å². The molecule has 1 rings (SSSR count). The van der Waals surface area contributed by atoms with Gasteiger partial charge in [0.1, 0.15) is 11.8 Å². The number of phenols is 1. The van der Waals surface area contributed by atoms with Crippen molar-refractivity contribution < 1.29 is 14.6 Å². The van der Waals surface area contributed by atoms with Crippen LogP contribution in [-0.4, -0.2) is 17.7 Å². The van der Waals surface area contributed by atoms with Gasteiger partial charge in [-0.3, -0.25) is 0 Å². The van der Waals surface area contributed by atoms with Gasteiger partial charge < -0.3 is 9.84 Å². The SMILES string of the molecule is CCOC(=O)c1cc(O)c(C#N)cc1Br. The third-order valence-corrected chi connectivity index (χ3v) is 2.36. The van der Waals surface area contributed by atoms with E-state index in [4.69, 9.17) is 10.00 Å². The molecule has 0 saturated heterocycles. The first kappa shape index (κ1) is 11.5. The van der Waals surface area contributed by atoms with Crippen LogP contribution in [0.4, 0.5) is 0 Å². The van der Waals surface area contributed by atoms with E-state index in [1.807, 2.05) is 0 Å². The molecule has 0 aliphatic rings. The lowest BCUT2D eigenvalue weighted by Crippen LogP contribution is -2.05. The fourth-order valence-electron chi connectivity index (χ4n) is 1.02. The largest absolute Gasteiger partial charge is 0.507 e. The molecule has 0 fully saturated rings. The Kier molecular flexibility index (Phi) is 3.69. The zero-order chi connectivity index (χ0) is 11.4. The van der Waals surface area contributed by atoms with E-state index in [9.17, 15) is 9.90 Å². The number of carbonyl (C=O) groups excluding carboxylic acids is 1. The Hall–Kier alpha value is -1.54. The topological polar surface area (TPSA) is 70.3 Å². The minimum Gasteiger partial charge on any atom is -0.507 e. The molecule has 0 aliphatic carbocycles. The van der Waals surface area contributed by atoms with Crippen molar-refractivity contribution in [1.82, 2.24) is 0 Å². The number of nitrogens with zero attached hydrogens (tertiary/aromatic N) is 1. The molecule has 0 aromatic heterocycles. The van der Waals surface area contributed by atoms with Crippen LogP contribution in [0.15, 0.2) is 16.6 Å². The molecule has 0 unspecified atom stereocenters. The Balaban J connectivity index is 3.17. The summed E-state index contributed by atoms with van der Waals surface area (Å²) >= 11 is 3.13. The van der Waals surface area contributed by atoms with Crippen LogP contribution >= 0.6 is 15.9 Å². The first-order valence-corrected chi connectivity index (χ1v) is 4.99. The smallest absolute Gasteiger partial charge is 0.339 e. The standard InChI is InChI=1S/C10H8BrNO3/c1-2-15-10(14)7-4-9(13)6(5-12)3-8(7)11/h3-4,13H,2H2,1H3. The third-order valence-electron chi connectivity index (χ3n) is 1.70. The minimum absolute atomic E-state index is 0.106. The van der Waals surface area contributed by atoms with Crippen molar-refractivity contribution in [3.05, 3.63) is 27.7 Å². The summed E-state index contributed by atoms with van der Waals surface area (Å²) < 4.78 is 5.20. The minimum atomic E-state index is -0.538. The van der Waals surface area contributed by atoms with Crippen LogP contribution in [0.1, 0.15) is 22.8 Å². The van der Waals surface area contributed by atoms with Crippen LogP contribution in [-0.2, 0) is 4.74 Å². The van der Waals surface area contributed by atoms with Gasteiger partial charge in [-0.1, -0.05) is 0 Å². The van der Waals surface area contributed by atoms with Crippen molar-refractivity contribution in [2.45, 2.75) is 6.92 Å². The highest BCUT2D eigenvalue weighted by atomic mass is 79.9. The van der Waals surface area contributed by atoms with Gasteiger partial charge in [-0.2, -0.15) is 5.26 Å². The number of hydrogen-bond donors (Lipinski definition) is 1. The molecule has 1 aromatic carbocycles. The highest BCUT2D eigenvalue weighted by Crippen LogP contribution is 2.26. The molecule has 1 N–H and O–H groups in total. The molecule has 78 valence electrons. The molecule has 0 heterocycles. The Bertz CT molecular complexity index is 437. The summed E-state index contributed by atoms with van der Waals surface area (Å²) in [5, 5.41) is 18.0. The molecular weight excluding hydrogens is 262 g/mol. The summed E-state index contributed by atoms with van der Waals surface area (Å²) in [7, 11) is 0. The number of carbonyl (C=O) groups is 1. The van der Waals surface area contributed by atoms with Crippen molar-refractivity contribution in [3.8, 4) is 11.8 Å². The summed E-state index contributed by atoms with van der Waals surface area (Å²) in [6.07, 6.45) is 0. The van der Waals surface area contributed by atoms with Crippen molar-refractivity contribution >= 4 is 21.9 Å². The molecule has 5 heteroatoms. The zero-order valence-corrected chi connectivity index (χ0v) is 9.54. The van der Waals surface area contributed by atoms with E-state index in [-0.39, 0.29) is 23.5 Å². The quantitative estimate of drug-likeness (QED) is 0.836. The van der Waals surface area contributed by atoms with E-state index >= 15 is 0 Å². The lowest BCUT2D eigenvalue weighted by Gasteiger charge is -2.05. The maximum atomic E-state index is 11.4. The Labute approximate surface area is 95.2 Å². The number of hydrogen-bond acceptors (Lipinski definition) is 4. The van der Waals surface area contributed by atoms with Crippen molar-refractivity contribution in [2.24, 2.45) is 0 Å². The Morgan fingerprint density at radius 3 is 2.87 bits per heavy atom. The predicted octanol–water partition coefficient (Wildman–Crippen LogP) is 2.20. The van der Waals surface area contributed by atoms with Gasteiger partial charge >= 0.3 is 5.97 Å². The monoisotopic (exact) mass is 269 g/mol. The van der Waals surface area contributed by atoms with Crippen molar-refractivity contribution in [3.63, 3.8) is 0 Å². The number of nitriles is 1. The van der Waals surface area contributed by atoms with Gasteiger partial charge in [-0.05, 0) is 35.0 Å². The van der Waals surface area contributed by atoms with Gasteiger partial charge in [0.25, 0.3) is 0 Å². The van der Waals surface area contributed by atoms with E-state index in [1.54, 1.807) is 13.0 Å². The number of aromatic hydroxyl groups is 1. The van der Waals surface area contributed by atoms with Gasteiger partial charge in [-0.25, -0.2) is 4.79 Å². The number of halogens is 1. The second-order valence-corrected chi connectivity index (χ2v) is 3.54. The zero-order valence-electron chi connectivity index (χ0n) is 7.95. The molecule has 0 bridgehead atoms. The molecule has 0 spiro atoms. The molecule has 0 saturated carbocycles. The van der Waals surface area contributed by atoms with Gasteiger partial charge in [0, 0.05) is 4.47 Å². The van der Waals surface area contributed by atoms with Gasteiger partial charge in [-0.15, -0.1) is 0 Å². The average Bonchev–Trinajstić information content (AvgIpc) is 2.21. The maximum Gasteiger partial charge on any atom is 0.339 e. The fraction of sp³-hybridized carbons (Fsp3) is 0.200. The molecule has 4 nitrogen and oxygen atoms in total. The van der Waals surface area contributed by atoms with Crippen LogP contribution in [0.2, 0.25) is 0 Å². The summed E-state index contributed by atoms with van der Waals surface area (Å²) in [5.74, 6) is -0.770. The van der Waals surface area contributed by atoms with Gasteiger partial charge in [0.05, 0.1) is 17.7 Å². The number of benzene rings is 1. The first-order chi connectivity index (χ1) is 7.10. The lowest BCUT2D eigenvalue weighted by molar-refractivity contribution is 0.0525. The van der Waals surface area contributed by atoms with Gasteiger partial charge in [0.15, 0.2) is 0 Å². The predicted molar refractivity (Wildman–Crippen MR) is 56.5 cm³/mol. The second kappa shape index (κ2) is 4.80. The van der Waals surface area contributed by atoms with Crippen LogP contribution < -0.4 is 0 Å². The number of phenolic OH excluding ortho intramolecular Hbond substituents is 1. The maximum absolute atomic E-state index is 11.4. The van der Waals surface area contributed by atoms with E-state index in [1.165, 1.54) is 12.1 Å². The number of esters is 1. The highest BCUT2D eigenvalue weighted by Gasteiger charge is 2.14. The fourth-order valence-corrected chi connectivity index (χ4v) is 1.52. The summed E-state index contributed by atoms with van der Waals surface area (Å²) in [5.41, 5.74) is 0.309. The molecule has 0 aliphatic heterocycles. The van der Waals surface area contributed by atoms with E-state index in [0.29, 0.717) is 4.47 Å². The molecule has 0 amide bonds. The molecule has 0 radical (unpaired) electrons. The summed E-state index contributed by atoms with van der Waals surface area (Å²) in [6, 6.07) is 4.39.